The van der Waals surface area contributed by atoms with E-state index in [9.17, 15) is 13.2 Å². The summed E-state index contributed by atoms with van der Waals surface area (Å²) >= 11 is 0. The number of hydrogen-bond donors (Lipinski definition) is 1. The first-order valence-corrected chi connectivity index (χ1v) is 11.0. The lowest BCUT2D eigenvalue weighted by Gasteiger charge is -2.10. The second-order valence-corrected chi connectivity index (χ2v) is 8.26. The van der Waals surface area contributed by atoms with E-state index >= 15 is 0 Å². The number of carbonyl (C=O) groups is 1. The topological polar surface area (TPSA) is 90.9 Å². The van der Waals surface area contributed by atoms with Crippen molar-refractivity contribution in [2.75, 3.05) is 20.3 Å². The average Bonchev–Trinajstić information content (AvgIpc) is 2.81. The van der Waals surface area contributed by atoms with Crippen molar-refractivity contribution >= 4 is 16.0 Å². The van der Waals surface area contributed by atoms with E-state index in [1.807, 2.05) is 30.3 Å². The minimum Gasteiger partial charge on any atom is -0.497 e. The van der Waals surface area contributed by atoms with Crippen molar-refractivity contribution in [3.05, 3.63) is 90.0 Å². The Labute approximate surface area is 181 Å². The average molecular weight is 442 g/mol. The minimum absolute atomic E-state index is 0.00707. The number of carbonyl (C=O) groups excluding carboxylic acids is 1. The predicted octanol–water partition coefficient (Wildman–Crippen LogP) is 3.41. The summed E-state index contributed by atoms with van der Waals surface area (Å²) in [6.45, 7) is 0.337. The van der Waals surface area contributed by atoms with Crippen LogP contribution in [0.15, 0.2) is 83.8 Å². The highest BCUT2D eigenvalue weighted by Gasteiger charge is 2.17. The van der Waals surface area contributed by atoms with Crippen LogP contribution in [-0.2, 0) is 21.3 Å². The molecule has 0 aromatic heterocycles. The largest absolute Gasteiger partial charge is 0.497 e. The maximum Gasteiger partial charge on any atom is 0.338 e. The molecule has 0 fully saturated rings. The monoisotopic (exact) mass is 441 g/mol. The number of esters is 1. The number of rotatable bonds is 10. The molecule has 0 amide bonds. The first-order chi connectivity index (χ1) is 15.0. The van der Waals surface area contributed by atoms with E-state index in [1.54, 1.807) is 31.4 Å². The van der Waals surface area contributed by atoms with Crippen molar-refractivity contribution in [2.45, 2.75) is 11.4 Å². The Morgan fingerprint density at radius 1 is 0.871 bits per heavy atom. The summed E-state index contributed by atoms with van der Waals surface area (Å²) in [6.07, 6.45) is 0. The van der Waals surface area contributed by atoms with E-state index in [-0.39, 0.29) is 30.2 Å². The van der Waals surface area contributed by atoms with E-state index in [4.69, 9.17) is 14.2 Å². The van der Waals surface area contributed by atoms with Gasteiger partial charge in [-0.2, -0.15) is 0 Å². The van der Waals surface area contributed by atoms with Crippen molar-refractivity contribution in [3.8, 4) is 11.5 Å². The van der Waals surface area contributed by atoms with Gasteiger partial charge in [-0.05, 0) is 48.0 Å². The molecule has 1 N–H and O–H groups in total. The molecule has 3 aromatic rings. The first-order valence-electron chi connectivity index (χ1n) is 9.55. The molecule has 3 aromatic carbocycles. The van der Waals surface area contributed by atoms with Gasteiger partial charge >= 0.3 is 5.97 Å². The number of ether oxygens (including phenoxy) is 3. The number of nitrogens with one attached hydrogen (secondary N) is 1. The molecule has 0 bridgehead atoms. The van der Waals surface area contributed by atoms with E-state index in [1.165, 1.54) is 24.3 Å². The Hall–Kier alpha value is -3.36. The van der Waals surface area contributed by atoms with Crippen LogP contribution < -0.4 is 14.2 Å². The van der Waals surface area contributed by atoms with Crippen LogP contribution in [0.3, 0.4) is 0 Å². The van der Waals surface area contributed by atoms with Gasteiger partial charge in [0, 0.05) is 6.54 Å². The van der Waals surface area contributed by atoms with Crippen molar-refractivity contribution in [2.24, 2.45) is 0 Å². The number of sulfonamides is 1. The molecule has 0 radical (unpaired) electrons. The quantitative estimate of drug-likeness (QED) is 0.383. The lowest BCUT2D eigenvalue weighted by Crippen LogP contribution is -2.23. The summed E-state index contributed by atoms with van der Waals surface area (Å²) in [5.41, 5.74) is 0.977. The summed E-state index contributed by atoms with van der Waals surface area (Å²) in [4.78, 5) is 12.3. The van der Waals surface area contributed by atoms with Gasteiger partial charge in [-0.1, -0.05) is 36.4 Å². The number of methoxy groups -OCH3 is 1. The summed E-state index contributed by atoms with van der Waals surface area (Å²) in [5.74, 6) is 0.708. The van der Waals surface area contributed by atoms with Crippen LogP contribution in [0.1, 0.15) is 15.9 Å². The molecule has 0 unspecified atom stereocenters. The molecule has 31 heavy (non-hydrogen) atoms. The second-order valence-electron chi connectivity index (χ2n) is 6.50. The Kier molecular flexibility index (Phi) is 7.64. The van der Waals surface area contributed by atoms with Crippen molar-refractivity contribution in [1.29, 1.82) is 0 Å². The van der Waals surface area contributed by atoms with Gasteiger partial charge in [0.15, 0.2) is 0 Å². The van der Waals surface area contributed by atoms with Gasteiger partial charge in [-0.15, -0.1) is 0 Å². The van der Waals surface area contributed by atoms with Gasteiger partial charge in [0.25, 0.3) is 0 Å². The fourth-order valence-corrected chi connectivity index (χ4v) is 3.76. The molecule has 0 saturated heterocycles. The summed E-state index contributed by atoms with van der Waals surface area (Å²) in [6, 6.07) is 21.9. The Morgan fingerprint density at radius 3 is 2.29 bits per heavy atom. The normalized spacial score (nSPS) is 11.0. The van der Waals surface area contributed by atoms with Crippen LogP contribution in [0.25, 0.3) is 0 Å². The van der Waals surface area contributed by atoms with Gasteiger partial charge in [-0.3, -0.25) is 0 Å². The molecule has 0 heterocycles. The second kappa shape index (κ2) is 10.6. The number of benzene rings is 3. The van der Waals surface area contributed by atoms with Crippen molar-refractivity contribution < 1.29 is 27.4 Å². The molecular weight excluding hydrogens is 418 g/mol. The third-order valence-corrected chi connectivity index (χ3v) is 5.73. The van der Waals surface area contributed by atoms with E-state index in [0.29, 0.717) is 11.5 Å². The minimum atomic E-state index is -3.77. The number of hydrogen-bond acceptors (Lipinski definition) is 6. The molecule has 0 saturated carbocycles. The molecule has 162 valence electrons. The van der Waals surface area contributed by atoms with Crippen LogP contribution in [0.4, 0.5) is 0 Å². The first kappa shape index (κ1) is 22.3. The van der Waals surface area contributed by atoms with Crippen molar-refractivity contribution in [3.63, 3.8) is 0 Å². The van der Waals surface area contributed by atoms with Crippen LogP contribution in [-0.4, -0.2) is 34.7 Å². The maximum atomic E-state index is 12.6. The van der Waals surface area contributed by atoms with E-state index in [0.717, 1.165) is 5.56 Å². The Bertz CT molecular complexity index is 1100. The lowest BCUT2D eigenvalue weighted by molar-refractivity contribution is 0.0450. The Balaban J connectivity index is 1.52. The fraction of sp³-hybridized carbons (Fsp3) is 0.174. The van der Waals surface area contributed by atoms with Gasteiger partial charge in [0.2, 0.25) is 10.0 Å². The predicted molar refractivity (Wildman–Crippen MR) is 116 cm³/mol. The molecule has 7 nitrogen and oxygen atoms in total. The van der Waals surface area contributed by atoms with E-state index < -0.39 is 16.0 Å². The molecule has 0 aliphatic rings. The molecule has 0 atom stereocenters. The summed E-state index contributed by atoms with van der Waals surface area (Å²) < 4.78 is 43.4. The molecular formula is C23H23NO6S. The zero-order valence-electron chi connectivity index (χ0n) is 17.0. The highest BCUT2D eigenvalue weighted by Crippen LogP contribution is 2.17. The van der Waals surface area contributed by atoms with Crippen LogP contribution in [0.2, 0.25) is 0 Å². The summed E-state index contributed by atoms with van der Waals surface area (Å²) in [7, 11) is -2.20. The Morgan fingerprint density at radius 2 is 1.58 bits per heavy atom. The van der Waals surface area contributed by atoms with Gasteiger partial charge < -0.3 is 14.2 Å². The van der Waals surface area contributed by atoms with Crippen LogP contribution in [0.5, 0.6) is 11.5 Å². The van der Waals surface area contributed by atoms with E-state index in [2.05, 4.69) is 4.72 Å². The highest BCUT2D eigenvalue weighted by atomic mass is 32.2. The molecule has 0 spiro atoms. The highest BCUT2D eigenvalue weighted by molar-refractivity contribution is 7.89. The standard InChI is InChI=1S/C23H23NO6S/c1-28-20-10-12-21(13-11-20)29-14-15-30-23(25)19-8-5-9-22(16-19)31(26,27)24-17-18-6-3-2-4-7-18/h2-13,16,24H,14-15,17H2,1H3. The fourth-order valence-electron chi connectivity index (χ4n) is 2.70. The maximum absolute atomic E-state index is 12.6. The van der Waals surface area contributed by atoms with Gasteiger partial charge in [0.05, 0.1) is 17.6 Å². The molecule has 3 rings (SSSR count). The van der Waals surface area contributed by atoms with Crippen molar-refractivity contribution in [1.82, 2.24) is 4.72 Å². The third kappa shape index (κ3) is 6.56. The smallest absolute Gasteiger partial charge is 0.338 e. The molecule has 8 heteroatoms. The summed E-state index contributed by atoms with van der Waals surface area (Å²) in [5, 5.41) is 0. The molecule has 0 aliphatic carbocycles. The molecule has 0 aliphatic heterocycles. The zero-order chi connectivity index (χ0) is 22.1. The third-order valence-electron chi connectivity index (χ3n) is 4.33. The van der Waals surface area contributed by atoms with Gasteiger partial charge in [-0.25, -0.2) is 17.9 Å². The SMILES string of the molecule is COc1ccc(OCCOC(=O)c2cccc(S(=O)(=O)NCc3ccccc3)c2)cc1. The lowest BCUT2D eigenvalue weighted by atomic mass is 10.2. The van der Waals surface area contributed by atoms with Gasteiger partial charge in [0.1, 0.15) is 24.7 Å². The van der Waals surface area contributed by atoms with Crippen LogP contribution in [0, 0.1) is 0 Å². The van der Waals surface area contributed by atoms with Crippen LogP contribution >= 0.6 is 0 Å². The zero-order valence-corrected chi connectivity index (χ0v) is 17.8.